The number of rotatable bonds is 7. The summed E-state index contributed by atoms with van der Waals surface area (Å²) in [6.07, 6.45) is 0. The number of nitrogens with two attached hydrogens (primary N) is 2. The molecule has 2 rings (SSSR count). The lowest BCUT2D eigenvalue weighted by Crippen LogP contribution is -2.30. The number of nitrogens with zero attached hydrogens (tertiary/aromatic N) is 3. The van der Waals surface area contributed by atoms with Crippen LogP contribution < -0.4 is 21.6 Å². The van der Waals surface area contributed by atoms with E-state index in [1.54, 1.807) is 26.2 Å². The maximum atomic E-state index is 12.5. The van der Waals surface area contributed by atoms with Crippen molar-refractivity contribution in [2.45, 2.75) is 20.4 Å². The van der Waals surface area contributed by atoms with Crippen molar-refractivity contribution in [1.82, 2.24) is 15.4 Å². The summed E-state index contributed by atoms with van der Waals surface area (Å²) < 4.78 is 5.18. The van der Waals surface area contributed by atoms with E-state index in [9.17, 15) is 4.79 Å². The van der Waals surface area contributed by atoms with Gasteiger partial charge in [-0.05, 0) is 43.7 Å². The molecule has 0 aliphatic rings. The lowest BCUT2D eigenvalue weighted by molar-refractivity contribution is 0.0945. The third-order valence-electron chi connectivity index (χ3n) is 3.63. The molecule has 0 unspecified atom stereocenters. The van der Waals surface area contributed by atoms with Gasteiger partial charge in [-0.25, -0.2) is 15.9 Å². The normalized spacial score (nSPS) is 11.2. The Kier molecular flexibility index (Phi) is 6.51. The number of amides is 1. The molecule has 8 nitrogen and oxygen atoms in total. The minimum Gasteiger partial charge on any atom is -0.497 e. The summed E-state index contributed by atoms with van der Waals surface area (Å²) in [7, 11) is 1.60. The van der Waals surface area contributed by atoms with Gasteiger partial charge >= 0.3 is 0 Å². The molecule has 1 amide bonds. The number of ether oxygens (including phenoxy) is 1. The van der Waals surface area contributed by atoms with Gasteiger partial charge in [0.1, 0.15) is 11.4 Å². The molecule has 0 atom stereocenters. The number of carbonyl (C=O) groups excluding carboxylic acids is 1. The molecule has 1 aromatic heterocycles. The molecule has 2 aromatic rings. The molecule has 1 heterocycles. The summed E-state index contributed by atoms with van der Waals surface area (Å²) in [5, 5.41) is 8.12. The number of carbonyl (C=O) groups is 1. The van der Waals surface area contributed by atoms with E-state index in [1.807, 2.05) is 31.2 Å². The van der Waals surface area contributed by atoms with E-state index in [1.165, 1.54) is 5.12 Å². The first-order valence-corrected chi connectivity index (χ1v) is 8.19. The summed E-state index contributed by atoms with van der Waals surface area (Å²) in [6.45, 7) is 4.51. The lowest BCUT2D eigenvalue weighted by atomic mass is 10.1. The van der Waals surface area contributed by atoms with Gasteiger partial charge in [0.25, 0.3) is 5.91 Å². The second-order valence-corrected chi connectivity index (χ2v) is 5.66. The van der Waals surface area contributed by atoms with Crippen molar-refractivity contribution in [2.24, 2.45) is 16.7 Å². The SMILES string of the molecule is CCN(N)/N=C(\N)c1cc(C)nc(C(=O)NCc2cccc(OC)c2)c1. The van der Waals surface area contributed by atoms with E-state index in [-0.39, 0.29) is 17.4 Å². The van der Waals surface area contributed by atoms with Crippen LogP contribution in [0.4, 0.5) is 0 Å². The van der Waals surface area contributed by atoms with Gasteiger partial charge in [0, 0.05) is 17.8 Å². The van der Waals surface area contributed by atoms with Crippen molar-refractivity contribution in [3.63, 3.8) is 0 Å². The summed E-state index contributed by atoms with van der Waals surface area (Å²) in [5.41, 5.74) is 8.40. The van der Waals surface area contributed by atoms with E-state index in [2.05, 4.69) is 15.4 Å². The number of hydrazine groups is 1. The smallest absolute Gasteiger partial charge is 0.270 e. The third kappa shape index (κ3) is 5.18. The average Bonchev–Trinajstić information content (AvgIpc) is 2.65. The van der Waals surface area contributed by atoms with Crippen LogP contribution in [-0.2, 0) is 6.54 Å². The molecule has 1 aromatic carbocycles. The Morgan fingerprint density at radius 3 is 2.81 bits per heavy atom. The van der Waals surface area contributed by atoms with Crippen LogP contribution in [0, 0.1) is 6.92 Å². The maximum absolute atomic E-state index is 12.5. The summed E-state index contributed by atoms with van der Waals surface area (Å²) in [6, 6.07) is 10.8. The molecule has 0 saturated carbocycles. The standard InChI is InChI=1S/C18H24N6O2/c1-4-24(20)23-17(19)14-8-12(2)22-16(10-14)18(25)21-11-13-6-5-7-15(9-13)26-3/h5-10H,4,11,20H2,1-3H3,(H2,19,23)(H,21,25). The fraction of sp³-hybridized carbons (Fsp3) is 0.278. The molecule has 26 heavy (non-hydrogen) atoms. The number of methoxy groups -OCH3 is 1. The Balaban J connectivity index is 2.14. The van der Waals surface area contributed by atoms with Crippen molar-refractivity contribution in [3.05, 3.63) is 58.9 Å². The first kappa shape index (κ1) is 19.2. The van der Waals surface area contributed by atoms with Crippen LogP contribution in [0.15, 0.2) is 41.5 Å². The molecule has 0 aliphatic heterocycles. The maximum Gasteiger partial charge on any atom is 0.270 e. The van der Waals surface area contributed by atoms with Crippen LogP contribution >= 0.6 is 0 Å². The molecule has 0 radical (unpaired) electrons. The average molecular weight is 356 g/mol. The van der Waals surface area contributed by atoms with Crippen LogP contribution in [0.3, 0.4) is 0 Å². The van der Waals surface area contributed by atoms with Gasteiger partial charge in [-0.1, -0.05) is 12.1 Å². The second-order valence-electron chi connectivity index (χ2n) is 5.66. The van der Waals surface area contributed by atoms with Gasteiger partial charge in [0.05, 0.1) is 13.7 Å². The Bertz CT molecular complexity index is 806. The molecule has 138 valence electrons. The number of aryl methyl sites for hydroxylation is 1. The van der Waals surface area contributed by atoms with Gasteiger partial charge in [0.15, 0.2) is 5.84 Å². The summed E-state index contributed by atoms with van der Waals surface area (Å²) in [5.74, 6) is 6.30. The Labute approximate surface area is 152 Å². The predicted molar refractivity (Wildman–Crippen MR) is 100 cm³/mol. The van der Waals surface area contributed by atoms with Crippen molar-refractivity contribution in [1.29, 1.82) is 0 Å². The van der Waals surface area contributed by atoms with Gasteiger partial charge in [-0.15, -0.1) is 5.10 Å². The van der Waals surface area contributed by atoms with Crippen LogP contribution in [0.2, 0.25) is 0 Å². The highest BCUT2D eigenvalue weighted by molar-refractivity contribution is 6.00. The van der Waals surface area contributed by atoms with Crippen LogP contribution in [-0.4, -0.2) is 35.5 Å². The highest BCUT2D eigenvalue weighted by Crippen LogP contribution is 2.12. The number of aromatic nitrogens is 1. The van der Waals surface area contributed by atoms with E-state index in [0.717, 1.165) is 11.3 Å². The molecule has 0 fully saturated rings. The molecule has 0 saturated heterocycles. The molecule has 5 N–H and O–H groups in total. The molecule has 0 bridgehead atoms. The van der Waals surface area contributed by atoms with Crippen molar-refractivity contribution >= 4 is 11.7 Å². The Morgan fingerprint density at radius 2 is 2.12 bits per heavy atom. The molecular weight excluding hydrogens is 332 g/mol. The lowest BCUT2D eigenvalue weighted by Gasteiger charge is -2.12. The first-order chi connectivity index (χ1) is 12.4. The van der Waals surface area contributed by atoms with Gasteiger partial charge in [-0.3, -0.25) is 4.79 Å². The highest BCUT2D eigenvalue weighted by atomic mass is 16.5. The van der Waals surface area contributed by atoms with Crippen LogP contribution in [0.25, 0.3) is 0 Å². The monoisotopic (exact) mass is 356 g/mol. The minimum absolute atomic E-state index is 0.224. The Morgan fingerprint density at radius 1 is 1.35 bits per heavy atom. The zero-order valence-electron chi connectivity index (χ0n) is 15.2. The topological polar surface area (TPSA) is 119 Å². The van der Waals surface area contributed by atoms with E-state index in [0.29, 0.717) is 24.3 Å². The number of amidine groups is 1. The number of benzene rings is 1. The van der Waals surface area contributed by atoms with Crippen molar-refractivity contribution in [2.75, 3.05) is 13.7 Å². The fourth-order valence-corrected chi connectivity index (χ4v) is 2.25. The van der Waals surface area contributed by atoms with Gasteiger partial charge < -0.3 is 15.8 Å². The first-order valence-electron chi connectivity index (χ1n) is 8.19. The number of nitrogens with one attached hydrogen (secondary N) is 1. The van der Waals surface area contributed by atoms with Crippen molar-refractivity contribution in [3.8, 4) is 5.75 Å². The quantitative estimate of drug-likeness (QED) is 0.296. The zero-order valence-corrected chi connectivity index (χ0v) is 15.2. The van der Waals surface area contributed by atoms with Crippen molar-refractivity contribution < 1.29 is 9.53 Å². The van der Waals surface area contributed by atoms with Gasteiger partial charge in [-0.2, -0.15) is 0 Å². The largest absolute Gasteiger partial charge is 0.497 e. The van der Waals surface area contributed by atoms with E-state index in [4.69, 9.17) is 16.3 Å². The molecule has 8 heteroatoms. The minimum atomic E-state index is -0.300. The van der Waals surface area contributed by atoms with E-state index >= 15 is 0 Å². The fourth-order valence-electron chi connectivity index (χ4n) is 2.25. The predicted octanol–water partition coefficient (Wildman–Crippen LogP) is 1.14. The second kappa shape index (κ2) is 8.82. The number of hydrogen-bond donors (Lipinski definition) is 3. The number of hydrogen-bond acceptors (Lipinski definition) is 6. The number of pyridine rings is 1. The third-order valence-corrected chi connectivity index (χ3v) is 3.63. The Hall–Kier alpha value is -3.13. The van der Waals surface area contributed by atoms with Crippen LogP contribution in [0.5, 0.6) is 5.75 Å². The molecular formula is C18H24N6O2. The number of hydrazone groups is 1. The zero-order chi connectivity index (χ0) is 19.1. The van der Waals surface area contributed by atoms with Gasteiger partial charge in [0.2, 0.25) is 0 Å². The van der Waals surface area contributed by atoms with E-state index < -0.39 is 0 Å². The summed E-state index contributed by atoms with van der Waals surface area (Å²) >= 11 is 0. The highest BCUT2D eigenvalue weighted by Gasteiger charge is 2.12. The van der Waals surface area contributed by atoms with Crippen LogP contribution in [0.1, 0.15) is 34.2 Å². The summed E-state index contributed by atoms with van der Waals surface area (Å²) in [4.78, 5) is 16.7. The molecule has 0 spiro atoms. The molecule has 0 aliphatic carbocycles.